The van der Waals surface area contributed by atoms with E-state index in [1.807, 2.05) is 0 Å². The number of hydrogen-bond acceptors (Lipinski definition) is 8. The number of hydrogen-bond donors (Lipinski definition) is 1. The molecule has 0 unspecified atom stereocenters. The summed E-state index contributed by atoms with van der Waals surface area (Å²) in [4.78, 5) is 0. The first-order chi connectivity index (χ1) is 23.5. The molecule has 0 radical (unpaired) electrons. The summed E-state index contributed by atoms with van der Waals surface area (Å²) < 4.78 is 40.9. The van der Waals surface area contributed by atoms with Crippen LogP contribution in [0.4, 0.5) is 0 Å². The van der Waals surface area contributed by atoms with Crippen molar-refractivity contribution in [2.45, 2.75) is 205 Å². The van der Waals surface area contributed by atoms with E-state index in [2.05, 4.69) is 18.8 Å². The molecule has 48 heavy (non-hydrogen) atoms. The van der Waals surface area contributed by atoms with Gasteiger partial charge in [0.2, 0.25) is 0 Å². The third kappa shape index (κ3) is 25.2. The average molecular weight is 685 g/mol. The van der Waals surface area contributed by atoms with Crippen LogP contribution in [-0.2, 0) is 33.2 Å². The van der Waals surface area contributed by atoms with Crippen LogP contribution in [0.5, 0.6) is 0 Å². The largest absolute Gasteiger partial charge is 0.381 e. The average Bonchev–Trinajstić information content (AvgIpc) is 3.57. The van der Waals surface area contributed by atoms with E-state index >= 15 is 0 Å². The van der Waals surface area contributed by atoms with Crippen molar-refractivity contribution in [3.63, 3.8) is 0 Å². The molecular formula is C40H76O8. The van der Waals surface area contributed by atoms with E-state index in [9.17, 15) is 5.11 Å². The van der Waals surface area contributed by atoms with Crippen molar-refractivity contribution in [3.05, 3.63) is 0 Å². The van der Waals surface area contributed by atoms with Gasteiger partial charge in [-0.25, -0.2) is 0 Å². The monoisotopic (exact) mass is 685 g/mol. The smallest absolute Gasteiger partial charge is 0.146 e. The van der Waals surface area contributed by atoms with Gasteiger partial charge in [0.1, 0.15) is 26.5 Å². The molecule has 284 valence electrons. The fourth-order valence-electron chi connectivity index (χ4n) is 6.65. The Labute approximate surface area is 296 Å². The first-order valence-electron chi connectivity index (χ1n) is 19.7. The Morgan fingerprint density at radius 2 is 1.04 bits per heavy atom. The third-order valence-corrected chi connectivity index (χ3v) is 9.39. The summed E-state index contributed by atoms with van der Waals surface area (Å²) in [5, 5.41) is 9.24. The van der Waals surface area contributed by atoms with Gasteiger partial charge in [-0.1, -0.05) is 116 Å². The van der Waals surface area contributed by atoms with Crippen molar-refractivity contribution in [1.82, 2.24) is 0 Å². The molecule has 0 amide bonds. The van der Waals surface area contributed by atoms with Crippen LogP contribution in [0.15, 0.2) is 0 Å². The van der Waals surface area contributed by atoms with Crippen LogP contribution in [-0.4, -0.2) is 83.4 Å². The van der Waals surface area contributed by atoms with Crippen LogP contribution in [0.25, 0.3) is 0 Å². The van der Waals surface area contributed by atoms with E-state index in [0.717, 1.165) is 64.2 Å². The Morgan fingerprint density at radius 1 is 0.583 bits per heavy atom. The van der Waals surface area contributed by atoms with Gasteiger partial charge in [-0.3, -0.25) is 0 Å². The highest BCUT2D eigenvalue weighted by Crippen LogP contribution is 2.31. The fourth-order valence-corrected chi connectivity index (χ4v) is 6.65. The molecule has 0 bridgehead atoms. The van der Waals surface area contributed by atoms with Gasteiger partial charge in [0, 0.05) is 27.8 Å². The van der Waals surface area contributed by atoms with Crippen LogP contribution < -0.4 is 0 Å². The molecule has 0 aromatic heterocycles. The van der Waals surface area contributed by atoms with Crippen molar-refractivity contribution in [2.24, 2.45) is 0 Å². The second-order valence-corrected chi connectivity index (χ2v) is 13.8. The highest BCUT2D eigenvalue weighted by Gasteiger charge is 2.37. The zero-order valence-corrected chi connectivity index (χ0v) is 31.9. The van der Waals surface area contributed by atoms with E-state index in [0.29, 0.717) is 13.6 Å². The Hall–Kier alpha value is -0.760. The zero-order chi connectivity index (χ0) is 34.9. The molecule has 0 aromatic rings. The van der Waals surface area contributed by atoms with E-state index in [1.54, 1.807) is 28.3 Å². The molecule has 1 aliphatic rings. The molecular weight excluding hydrogens is 608 g/mol. The molecule has 1 fully saturated rings. The summed E-state index contributed by atoms with van der Waals surface area (Å²) in [6.45, 7) is 4.84. The minimum Gasteiger partial charge on any atom is -0.381 e. The number of ether oxygens (including phenoxy) is 7. The molecule has 1 rings (SSSR count). The molecule has 0 spiro atoms. The number of aliphatic hydroxyl groups excluding tert-OH is 1. The SMILES string of the molecule is CCCCCCCCCCCCCC[C@@H](OCOC)[C@H]1CC[C@H]([C@@H](CC[C@@H](CCCCCCCC#C[C@@H](C)O)OCOC)OCOC)O1. The van der Waals surface area contributed by atoms with Crippen molar-refractivity contribution in [1.29, 1.82) is 0 Å². The highest BCUT2D eigenvalue weighted by molar-refractivity contribution is 5.02. The Balaban J connectivity index is 2.46. The second kappa shape index (κ2) is 33.4. The van der Waals surface area contributed by atoms with Gasteiger partial charge in [-0.15, -0.1) is 5.92 Å². The Bertz CT molecular complexity index is 738. The molecule has 8 heteroatoms. The summed E-state index contributed by atoms with van der Waals surface area (Å²) in [5.41, 5.74) is 0. The lowest BCUT2D eigenvalue weighted by Crippen LogP contribution is -2.35. The van der Waals surface area contributed by atoms with Crippen LogP contribution in [0, 0.1) is 11.8 Å². The van der Waals surface area contributed by atoms with Crippen molar-refractivity contribution >= 4 is 0 Å². The maximum atomic E-state index is 9.24. The fraction of sp³-hybridized carbons (Fsp3) is 0.950. The lowest BCUT2D eigenvalue weighted by atomic mass is 9.98. The molecule has 6 atom stereocenters. The number of rotatable bonds is 34. The van der Waals surface area contributed by atoms with E-state index in [1.165, 1.54) is 89.9 Å². The molecule has 1 aliphatic heterocycles. The van der Waals surface area contributed by atoms with Gasteiger partial charge in [0.25, 0.3) is 0 Å². The van der Waals surface area contributed by atoms with Crippen molar-refractivity contribution < 1.29 is 38.3 Å². The van der Waals surface area contributed by atoms with E-state index < -0.39 is 6.10 Å². The van der Waals surface area contributed by atoms with E-state index in [4.69, 9.17) is 33.2 Å². The lowest BCUT2D eigenvalue weighted by Gasteiger charge is -2.28. The molecule has 1 N–H and O–H groups in total. The second-order valence-electron chi connectivity index (χ2n) is 13.8. The Kier molecular flexibility index (Phi) is 31.5. The van der Waals surface area contributed by atoms with Gasteiger partial charge in [-0.05, 0) is 51.9 Å². The summed E-state index contributed by atoms with van der Waals surface area (Å²) in [6.07, 6.45) is 28.1. The summed E-state index contributed by atoms with van der Waals surface area (Å²) in [7, 11) is 5.03. The molecule has 0 aromatic carbocycles. The minimum absolute atomic E-state index is 0.0146. The topological polar surface area (TPSA) is 84.8 Å². The highest BCUT2D eigenvalue weighted by atomic mass is 16.7. The van der Waals surface area contributed by atoms with Gasteiger partial charge in [0.15, 0.2) is 0 Å². The maximum Gasteiger partial charge on any atom is 0.146 e. The van der Waals surface area contributed by atoms with Crippen LogP contribution in [0.2, 0.25) is 0 Å². The number of methoxy groups -OCH3 is 3. The molecule has 0 aliphatic carbocycles. The Morgan fingerprint density at radius 3 is 1.56 bits per heavy atom. The number of aliphatic hydroxyl groups is 1. The van der Waals surface area contributed by atoms with Crippen LogP contribution in [0.1, 0.15) is 168 Å². The summed E-state index contributed by atoms with van der Waals surface area (Å²) in [5.74, 6) is 5.86. The number of unbranched alkanes of at least 4 members (excludes halogenated alkanes) is 16. The molecule has 8 nitrogen and oxygen atoms in total. The summed E-state index contributed by atoms with van der Waals surface area (Å²) in [6, 6.07) is 0. The van der Waals surface area contributed by atoms with Gasteiger partial charge >= 0.3 is 0 Å². The zero-order valence-electron chi connectivity index (χ0n) is 31.9. The first-order valence-corrected chi connectivity index (χ1v) is 19.7. The van der Waals surface area contributed by atoms with Crippen molar-refractivity contribution in [3.8, 4) is 11.8 Å². The minimum atomic E-state index is -0.532. The van der Waals surface area contributed by atoms with Gasteiger partial charge < -0.3 is 38.3 Å². The predicted molar refractivity (Wildman–Crippen MR) is 195 cm³/mol. The van der Waals surface area contributed by atoms with Crippen LogP contribution in [0.3, 0.4) is 0 Å². The quantitative estimate of drug-likeness (QED) is 0.0408. The molecule has 0 saturated carbocycles. The third-order valence-electron chi connectivity index (χ3n) is 9.39. The van der Waals surface area contributed by atoms with Gasteiger partial charge in [-0.2, -0.15) is 0 Å². The first kappa shape index (κ1) is 45.3. The normalized spacial score (nSPS) is 18.8. The maximum absolute atomic E-state index is 9.24. The summed E-state index contributed by atoms with van der Waals surface area (Å²) >= 11 is 0. The van der Waals surface area contributed by atoms with E-state index in [-0.39, 0.29) is 37.3 Å². The standard InChI is InChI=1S/C40H76O8/c1-6-7-8-9-10-11-12-13-14-18-21-24-27-37(46-33-43-4)39-30-31-40(48-39)38(47-34-44-5)29-28-36(45-32-42-3)26-23-20-17-15-16-19-22-25-35(2)41/h35-41H,6-21,23-24,26-34H2,1-5H3/t35-,36-,37-,38-,39-,40-/m1/s1. The lowest BCUT2D eigenvalue weighted by molar-refractivity contribution is -0.161. The molecule has 1 heterocycles. The van der Waals surface area contributed by atoms with Crippen LogP contribution >= 0.6 is 0 Å². The van der Waals surface area contributed by atoms with Crippen molar-refractivity contribution in [2.75, 3.05) is 41.7 Å². The molecule has 1 saturated heterocycles. The predicted octanol–water partition coefficient (Wildman–Crippen LogP) is 9.49. The van der Waals surface area contributed by atoms with Gasteiger partial charge in [0.05, 0.1) is 30.5 Å².